The van der Waals surface area contributed by atoms with Gasteiger partial charge in [0, 0.05) is 45.2 Å². The lowest BCUT2D eigenvalue weighted by atomic mass is 10.3. The lowest BCUT2D eigenvalue weighted by Crippen LogP contribution is -2.36. The van der Waals surface area contributed by atoms with Crippen molar-refractivity contribution < 1.29 is 57.4 Å². The molecule has 0 bridgehead atoms. The first-order valence-corrected chi connectivity index (χ1v) is 6.71. The summed E-state index contributed by atoms with van der Waals surface area (Å²) in [4.78, 5) is 0. The van der Waals surface area contributed by atoms with Crippen LogP contribution in [-0.2, 0) is 4.74 Å². The third kappa shape index (κ3) is 4.94. The van der Waals surface area contributed by atoms with E-state index >= 15 is 0 Å². The van der Waals surface area contributed by atoms with Crippen molar-refractivity contribution >= 4 is 45.2 Å². The van der Waals surface area contributed by atoms with Crippen LogP contribution in [0.25, 0.3) is 0 Å². The first-order chi connectivity index (χ1) is 9.87. The van der Waals surface area contributed by atoms with Crippen LogP contribution in [0.4, 0.5) is 52.7 Å². The van der Waals surface area contributed by atoms with E-state index in [1.54, 1.807) is 0 Å². The van der Waals surface area contributed by atoms with Gasteiger partial charge in [0.25, 0.3) is 0 Å². The molecule has 0 unspecified atom stereocenters. The zero-order valence-corrected chi connectivity index (χ0v) is 14.0. The average molecular weight is 594 g/mol. The van der Waals surface area contributed by atoms with Crippen molar-refractivity contribution in [3.8, 4) is 0 Å². The largest absolute Gasteiger partial charge is 0.400 e. The summed E-state index contributed by atoms with van der Waals surface area (Å²) in [5, 5.41) is 0. The predicted molar refractivity (Wildman–Crippen MR) is 67.4 cm³/mol. The van der Waals surface area contributed by atoms with Crippen LogP contribution in [0.5, 0.6) is 0 Å². The van der Waals surface area contributed by atoms with Crippen molar-refractivity contribution in [1.29, 1.82) is 0 Å². The van der Waals surface area contributed by atoms with E-state index in [0.717, 1.165) is 0 Å². The second kappa shape index (κ2) is 7.03. The van der Waals surface area contributed by atoms with Crippen molar-refractivity contribution in [2.24, 2.45) is 0 Å². The van der Waals surface area contributed by atoms with Crippen molar-refractivity contribution in [3.63, 3.8) is 0 Å². The van der Waals surface area contributed by atoms with Crippen molar-refractivity contribution in [3.05, 3.63) is 23.7 Å². The summed E-state index contributed by atoms with van der Waals surface area (Å²) in [6.07, 6.45) is 0. The van der Waals surface area contributed by atoms with Crippen molar-refractivity contribution in [2.45, 2.75) is 19.7 Å². The molecule has 23 heavy (non-hydrogen) atoms. The van der Waals surface area contributed by atoms with Crippen LogP contribution in [0.3, 0.4) is 0 Å². The van der Waals surface area contributed by atoms with Crippen LogP contribution in [0.2, 0.25) is 0 Å². The molecule has 0 aromatic heterocycles. The molecular weight excluding hydrogens is 594 g/mol. The standard InChI is InChI=1S/C8F12I2O/c9-1(5(13,14)7(17,18)21)3(11)23-4(12)2(10)6(15,16)8(19,20)22. The lowest BCUT2D eigenvalue weighted by molar-refractivity contribution is -0.133. The Bertz CT molecular complexity index is 468. The topological polar surface area (TPSA) is 9.23 Å². The molecular formula is C8F12I2O. The van der Waals surface area contributed by atoms with Gasteiger partial charge in [0.05, 0.1) is 0 Å². The number of ether oxygens (including phenoxy) is 1. The SMILES string of the molecule is FC(OC(F)=C(F)C(F)(F)C(F)(F)I)=C(F)C(F)(F)C(F)(F)I. The first-order valence-electron chi connectivity index (χ1n) is 4.55. The Hall–Kier alpha value is -0.100. The van der Waals surface area contributed by atoms with Gasteiger partial charge in [0.2, 0.25) is 11.7 Å². The molecule has 1 nitrogen and oxygen atoms in total. The van der Waals surface area contributed by atoms with Gasteiger partial charge in [0.15, 0.2) is 0 Å². The molecule has 0 aromatic carbocycles. The van der Waals surface area contributed by atoms with Crippen LogP contribution in [-0.4, -0.2) is 19.7 Å². The minimum absolute atomic E-state index is 0.341. The smallest absolute Gasteiger partial charge is 0.376 e. The van der Waals surface area contributed by atoms with E-state index in [2.05, 4.69) is 4.74 Å². The van der Waals surface area contributed by atoms with Crippen LogP contribution < -0.4 is 0 Å². The maximum absolute atomic E-state index is 12.7. The van der Waals surface area contributed by atoms with Crippen LogP contribution in [0.1, 0.15) is 0 Å². The second-order valence-corrected chi connectivity index (χ2v) is 6.13. The number of halogens is 14. The third-order valence-electron chi connectivity index (χ3n) is 1.79. The molecule has 0 amide bonds. The maximum atomic E-state index is 12.7. The van der Waals surface area contributed by atoms with Gasteiger partial charge < -0.3 is 4.74 Å². The van der Waals surface area contributed by atoms with E-state index in [0.29, 0.717) is 0 Å². The van der Waals surface area contributed by atoms with E-state index in [4.69, 9.17) is 0 Å². The number of alkyl halides is 10. The summed E-state index contributed by atoms with van der Waals surface area (Å²) in [7, 11) is 0. The lowest BCUT2D eigenvalue weighted by Gasteiger charge is -2.21. The monoisotopic (exact) mass is 594 g/mol. The molecule has 0 rings (SSSR count). The van der Waals surface area contributed by atoms with Gasteiger partial charge in [-0.2, -0.15) is 52.7 Å². The second-order valence-electron chi connectivity index (χ2n) is 3.42. The highest BCUT2D eigenvalue weighted by atomic mass is 127. The van der Waals surface area contributed by atoms with Gasteiger partial charge in [0.1, 0.15) is 0 Å². The molecule has 0 spiro atoms. The Balaban J connectivity index is 5.74. The fourth-order valence-electron chi connectivity index (χ4n) is 0.664. The normalized spacial score (nSPS) is 16.8. The van der Waals surface area contributed by atoms with Crippen LogP contribution in [0, 0.1) is 0 Å². The van der Waals surface area contributed by atoms with Gasteiger partial charge in [-0.3, -0.25) is 0 Å². The molecule has 136 valence electrons. The number of hydrogen-bond acceptors (Lipinski definition) is 1. The Morgan fingerprint density at radius 2 is 0.783 bits per heavy atom. The summed E-state index contributed by atoms with van der Waals surface area (Å²) >= 11 is -0.683. The van der Waals surface area contributed by atoms with Crippen LogP contribution in [0.15, 0.2) is 23.7 Å². The number of allylic oxidation sites excluding steroid dienone is 2. The molecule has 0 atom stereocenters. The highest BCUT2D eigenvalue weighted by Crippen LogP contribution is 2.48. The molecule has 0 aliphatic heterocycles. The van der Waals surface area contributed by atoms with Gasteiger partial charge in [-0.15, -0.1) is 0 Å². The molecule has 0 aromatic rings. The summed E-state index contributed by atoms with van der Waals surface area (Å²) in [5.74, 6) is -19.4. The molecule has 0 aliphatic rings. The Morgan fingerprint density at radius 1 is 0.565 bits per heavy atom. The Kier molecular flexibility index (Phi) is 7.00. The van der Waals surface area contributed by atoms with Crippen LogP contribution >= 0.6 is 45.2 Å². The minimum Gasteiger partial charge on any atom is -0.400 e. The summed E-state index contributed by atoms with van der Waals surface area (Å²) in [6, 6.07) is -7.13. The zero-order valence-electron chi connectivity index (χ0n) is 9.70. The molecule has 0 N–H and O–H groups in total. The number of hydrogen-bond donors (Lipinski definition) is 0. The summed E-state index contributed by atoms with van der Waals surface area (Å²) < 4.78 is 143. The van der Waals surface area contributed by atoms with E-state index in [1.165, 1.54) is 0 Å². The highest BCUT2D eigenvalue weighted by Gasteiger charge is 2.61. The predicted octanol–water partition coefficient (Wildman–Crippen LogP) is 6.55. The molecule has 0 radical (unpaired) electrons. The molecule has 0 saturated carbocycles. The maximum Gasteiger partial charge on any atom is 0.376 e. The average Bonchev–Trinajstić information content (AvgIpc) is 2.33. The fraction of sp³-hybridized carbons (Fsp3) is 0.500. The van der Waals surface area contributed by atoms with Crippen molar-refractivity contribution in [2.75, 3.05) is 0 Å². The number of rotatable bonds is 6. The van der Waals surface area contributed by atoms with Gasteiger partial charge in [-0.05, 0) is 0 Å². The van der Waals surface area contributed by atoms with E-state index in [-0.39, 0.29) is 45.2 Å². The van der Waals surface area contributed by atoms with E-state index in [9.17, 15) is 52.7 Å². The zero-order chi connectivity index (χ0) is 19.0. The quantitative estimate of drug-likeness (QED) is 0.147. The van der Waals surface area contributed by atoms with E-state index < -0.39 is 43.4 Å². The molecule has 0 saturated heterocycles. The molecule has 0 fully saturated rings. The fourth-order valence-corrected chi connectivity index (χ4v) is 1.14. The highest BCUT2D eigenvalue weighted by molar-refractivity contribution is 14.1. The summed E-state index contributed by atoms with van der Waals surface area (Å²) in [6.45, 7) is 0. The first kappa shape index (κ1) is 22.9. The van der Waals surface area contributed by atoms with Gasteiger partial charge >= 0.3 is 31.7 Å². The van der Waals surface area contributed by atoms with Gasteiger partial charge in [-0.25, -0.2) is 0 Å². The molecule has 15 heteroatoms. The molecule has 0 aliphatic carbocycles. The van der Waals surface area contributed by atoms with Gasteiger partial charge in [-0.1, -0.05) is 0 Å². The third-order valence-corrected chi connectivity index (χ3v) is 3.14. The van der Waals surface area contributed by atoms with Crippen molar-refractivity contribution in [1.82, 2.24) is 0 Å². The Morgan fingerprint density at radius 3 is 0.957 bits per heavy atom. The Labute approximate surface area is 146 Å². The summed E-state index contributed by atoms with van der Waals surface area (Å²) in [5.41, 5.74) is 0. The molecule has 0 heterocycles. The minimum atomic E-state index is -5.93. The van der Waals surface area contributed by atoms with E-state index in [1.807, 2.05) is 0 Å².